The first-order chi connectivity index (χ1) is 14.8. The number of nitrogens with zero attached hydrogens (tertiary/aromatic N) is 2. The predicted molar refractivity (Wildman–Crippen MR) is 128 cm³/mol. The number of rotatable bonds is 7. The van der Waals surface area contributed by atoms with Gasteiger partial charge in [0, 0.05) is 22.9 Å². The van der Waals surface area contributed by atoms with Crippen molar-refractivity contribution < 1.29 is 8.42 Å². The Morgan fingerprint density at radius 3 is 2.23 bits per heavy atom. The van der Waals surface area contributed by atoms with Crippen LogP contribution < -0.4 is 10.4 Å². The summed E-state index contributed by atoms with van der Waals surface area (Å²) in [4.78, 5) is 14.5. The summed E-state index contributed by atoms with van der Waals surface area (Å²) in [5.74, 6) is 0. The van der Waals surface area contributed by atoms with Crippen LogP contribution in [0.15, 0.2) is 73.4 Å². The molecule has 0 aliphatic carbocycles. The molecule has 10 heteroatoms. The highest BCUT2D eigenvalue weighted by molar-refractivity contribution is 7.99. The van der Waals surface area contributed by atoms with Crippen molar-refractivity contribution in [3.05, 3.63) is 69.4 Å². The molecule has 0 saturated carbocycles. The lowest BCUT2D eigenvalue weighted by molar-refractivity contribution is 0.603. The maximum Gasteiger partial charge on any atom is 0.329 e. The number of aryl methyl sites for hydroxylation is 2. The smallest absolute Gasteiger partial charge is 0.292 e. The van der Waals surface area contributed by atoms with Crippen LogP contribution in [0.5, 0.6) is 0 Å². The number of anilines is 1. The highest BCUT2D eigenvalue weighted by Crippen LogP contribution is 2.38. The average molecular weight is 494 g/mol. The van der Waals surface area contributed by atoms with E-state index < -0.39 is 10.0 Å². The van der Waals surface area contributed by atoms with Crippen LogP contribution in [-0.2, 0) is 23.1 Å². The molecule has 2 heterocycles. The standard InChI is InChI=1S/C21H20ClN3O3S3/c1-3-24-16-12-15(23-31(27,28)20-11-10-19(22)30-20)18(29-14-8-6-5-7-9-14)13-17(16)25(4-2)21(24)26/h5-13,23H,3-4H2,1-2H3. The largest absolute Gasteiger partial charge is 0.329 e. The third-order valence-electron chi connectivity index (χ3n) is 4.78. The zero-order valence-corrected chi connectivity index (χ0v) is 20.0. The number of imidazole rings is 1. The van der Waals surface area contributed by atoms with Crippen molar-refractivity contribution in [2.45, 2.75) is 40.9 Å². The average Bonchev–Trinajstić information content (AvgIpc) is 3.29. The van der Waals surface area contributed by atoms with Gasteiger partial charge in [-0.1, -0.05) is 41.6 Å². The zero-order chi connectivity index (χ0) is 22.2. The van der Waals surface area contributed by atoms with Gasteiger partial charge in [-0.15, -0.1) is 11.3 Å². The van der Waals surface area contributed by atoms with Gasteiger partial charge in [0.05, 0.1) is 21.1 Å². The molecule has 4 aromatic rings. The molecule has 2 aromatic heterocycles. The third-order valence-corrected chi connectivity index (χ3v) is 8.94. The molecule has 0 atom stereocenters. The zero-order valence-electron chi connectivity index (χ0n) is 16.8. The Bertz CT molecular complexity index is 1410. The van der Waals surface area contributed by atoms with Gasteiger partial charge < -0.3 is 0 Å². The number of thiophene rings is 1. The normalized spacial score (nSPS) is 11.8. The van der Waals surface area contributed by atoms with Crippen molar-refractivity contribution >= 4 is 61.4 Å². The summed E-state index contributed by atoms with van der Waals surface area (Å²) >= 11 is 8.38. The molecule has 0 spiro atoms. The minimum Gasteiger partial charge on any atom is -0.292 e. The molecule has 0 fully saturated rings. The van der Waals surface area contributed by atoms with Gasteiger partial charge >= 0.3 is 5.69 Å². The van der Waals surface area contributed by atoms with Gasteiger partial charge in [0.1, 0.15) is 4.21 Å². The molecule has 0 aliphatic rings. The second-order valence-electron chi connectivity index (χ2n) is 6.69. The fraction of sp³-hybridized carbons (Fsp3) is 0.190. The van der Waals surface area contributed by atoms with Crippen molar-refractivity contribution in [2.24, 2.45) is 0 Å². The predicted octanol–water partition coefficient (Wildman–Crippen LogP) is 5.51. The topological polar surface area (TPSA) is 73.1 Å². The van der Waals surface area contributed by atoms with E-state index in [9.17, 15) is 13.2 Å². The molecule has 0 amide bonds. The summed E-state index contributed by atoms with van der Waals surface area (Å²) in [6, 6.07) is 16.3. The van der Waals surface area contributed by atoms with Crippen LogP contribution in [0.1, 0.15) is 13.8 Å². The Morgan fingerprint density at radius 1 is 1.00 bits per heavy atom. The van der Waals surface area contributed by atoms with E-state index in [0.29, 0.717) is 33.5 Å². The fourth-order valence-corrected chi connectivity index (χ4v) is 6.93. The lowest BCUT2D eigenvalue weighted by Crippen LogP contribution is -2.23. The van der Waals surface area contributed by atoms with Gasteiger partial charge in [0.2, 0.25) is 0 Å². The van der Waals surface area contributed by atoms with E-state index in [2.05, 4.69) is 4.72 Å². The number of hydrogen-bond donors (Lipinski definition) is 1. The quantitative estimate of drug-likeness (QED) is 0.368. The molecule has 1 N–H and O–H groups in total. The van der Waals surface area contributed by atoms with E-state index >= 15 is 0 Å². The van der Waals surface area contributed by atoms with E-state index in [4.69, 9.17) is 11.6 Å². The molecule has 162 valence electrons. The Kier molecular flexibility index (Phi) is 6.20. The Morgan fingerprint density at radius 2 is 1.65 bits per heavy atom. The number of hydrogen-bond acceptors (Lipinski definition) is 5. The summed E-state index contributed by atoms with van der Waals surface area (Å²) in [5.41, 5.74) is 1.77. The Labute approximate surface area is 193 Å². The summed E-state index contributed by atoms with van der Waals surface area (Å²) < 4.78 is 32.6. The number of sulfonamides is 1. The summed E-state index contributed by atoms with van der Waals surface area (Å²) in [6.45, 7) is 4.82. The first-order valence-corrected chi connectivity index (χ1v) is 13.1. The van der Waals surface area contributed by atoms with Crippen molar-refractivity contribution in [2.75, 3.05) is 4.72 Å². The third kappa shape index (κ3) is 4.27. The molecule has 4 rings (SSSR count). The molecule has 0 aliphatic heterocycles. The maximum atomic E-state index is 13.0. The summed E-state index contributed by atoms with van der Waals surface area (Å²) in [5, 5.41) is 0. The van der Waals surface area contributed by atoms with Crippen molar-refractivity contribution in [3.63, 3.8) is 0 Å². The molecule has 0 bridgehead atoms. The van der Waals surface area contributed by atoms with Crippen LogP contribution in [0.4, 0.5) is 5.69 Å². The monoisotopic (exact) mass is 493 g/mol. The summed E-state index contributed by atoms with van der Waals surface area (Å²) in [7, 11) is -3.83. The molecular weight excluding hydrogens is 474 g/mol. The van der Waals surface area contributed by atoms with E-state index in [1.807, 2.05) is 50.2 Å². The minimum absolute atomic E-state index is 0.110. The lowest BCUT2D eigenvalue weighted by Gasteiger charge is -2.13. The van der Waals surface area contributed by atoms with Crippen LogP contribution >= 0.6 is 34.7 Å². The van der Waals surface area contributed by atoms with Crippen molar-refractivity contribution in [1.29, 1.82) is 0 Å². The van der Waals surface area contributed by atoms with Gasteiger partial charge in [-0.25, -0.2) is 13.2 Å². The molecule has 0 saturated heterocycles. The molecule has 0 radical (unpaired) electrons. The van der Waals surface area contributed by atoms with Gasteiger partial charge in [-0.3, -0.25) is 13.9 Å². The maximum absolute atomic E-state index is 13.0. The lowest BCUT2D eigenvalue weighted by atomic mass is 10.2. The molecular formula is C21H20ClN3O3S3. The van der Waals surface area contributed by atoms with E-state index in [1.165, 1.54) is 17.8 Å². The van der Waals surface area contributed by atoms with Crippen LogP contribution in [-0.4, -0.2) is 17.6 Å². The van der Waals surface area contributed by atoms with E-state index in [1.54, 1.807) is 21.3 Å². The molecule has 2 aromatic carbocycles. The Hall–Kier alpha value is -2.20. The Balaban J connectivity index is 1.90. The highest BCUT2D eigenvalue weighted by atomic mass is 35.5. The number of nitrogens with one attached hydrogen (secondary N) is 1. The van der Waals surface area contributed by atoms with Gasteiger partial charge in [0.15, 0.2) is 0 Å². The fourth-order valence-electron chi connectivity index (χ4n) is 3.37. The SMILES string of the molecule is CCn1c(=O)n(CC)c2cc(Sc3ccccc3)c(NS(=O)(=O)c3ccc(Cl)s3)cc21. The molecule has 6 nitrogen and oxygen atoms in total. The van der Waals surface area contributed by atoms with Crippen LogP contribution in [0, 0.1) is 0 Å². The van der Waals surface area contributed by atoms with Gasteiger partial charge in [-0.05, 0) is 50.2 Å². The van der Waals surface area contributed by atoms with Crippen LogP contribution in [0.3, 0.4) is 0 Å². The van der Waals surface area contributed by atoms with Crippen molar-refractivity contribution in [3.8, 4) is 0 Å². The van der Waals surface area contributed by atoms with Crippen molar-refractivity contribution in [1.82, 2.24) is 9.13 Å². The molecule has 31 heavy (non-hydrogen) atoms. The summed E-state index contributed by atoms with van der Waals surface area (Å²) in [6.07, 6.45) is 0. The second kappa shape index (κ2) is 8.74. The molecule has 0 unspecified atom stereocenters. The number of aromatic nitrogens is 2. The highest BCUT2D eigenvalue weighted by Gasteiger charge is 2.21. The second-order valence-corrected chi connectivity index (χ2v) is 11.4. The first kappa shape index (κ1) is 22.0. The minimum atomic E-state index is -3.83. The van der Waals surface area contributed by atoms with Crippen LogP contribution in [0.2, 0.25) is 4.34 Å². The van der Waals surface area contributed by atoms with E-state index in [0.717, 1.165) is 21.7 Å². The van der Waals surface area contributed by atoms with Gasteiger partial charge in [-0.2, -0.15) is 0 Å². The first-order valence-electron chi connectivity index (χ1n) is 9.62. The number of fused-ring (bicyclic) bond motifs is 1. The van der Waals surface area contributed by atoms with Crippen LogP contribution in [0.25, 0.3) is 11.0 Å². The number of halogens is 1. The van der Waals surface area contributed by atoms with E-state index in [-0.39, 0.29) is 9.90 Å². The van der Waals surface area contributed by atoms with Gasteiger partial charge in [0.25, 0.3) is 10.0 Å². The number of benzene rings is 2.